The Bertz CT molecular complexity index is 1280. The minimum Gasteiger partial charge on any atom is -0.743 e. The number of rotatable bonds is 12. The molecule has 0 aliphatic heterocycles. The topological polar surface area (TPSA) is 104 Å². The second-order valence-electron chi connectivity index (χ2n) is 9.61. The van der Waals surface area contributed by atoms with Crippen LogP contribution in [0.1, 0.15) is 42.9 Å². The first-order valence-corrected chi connectivity index (χ1v) is 15.6. The number of carbonyl (C=O) groups is 1. The Morgan fingerprint density at radius 1 is 0.902 bits per heavy atom. The first kappa shape index (κ1) is 34.2. The maximum absolute atomic E-state index is 13.4. The standard InChI is InChI=1S/C21H21S.C10H16F2O6S/c1-16-4-10-19(11-5-16)22(20-12-6-17(2)7-13-20)21-14-8-18(3)9-15-21;1-3-4-5-8(10(11,12)19(15,16)17)18-6-7(2)9(13)14/h4-15H,1-3H3;8H,2-6H2,1H3,(H,13,14)(H,15,16,17)/q+1;/p-1. The quantitative estimate of drug-likeness (QED) is 0.135. The van der Waals surface area contributed by atoms with E-state index in [0.29, 0.717) is 6.42 Å². The summed E-state index contributed by atoms with van der Waals surface area (Å²) in [6.07, 6.45) is -1.88. The van der Waals surface area contributed by atoms with Crippen molar-refractivity contribution in [2.24, 2.45) is 0 Å². The molecule has 0 amide bonds. The molecule has 3 aromatic rings. The van der Waals surface area contributed by atoms with Gasteiger partial charge < -0.3 is 14.4 Å². The highest BCUT2D eigenvalue weighted by Gasteiger charge is 2.47. The first-order valence-electron chi connectivity index (χ1n) is 13.0. The van der Waals surface area contributed by atoms with Gasteiger partial charge in [-0.25, -0.2) is 13.2 Å². The highest BCUT2D eigenvalue weighted by atomic mass is 32.2. The molecular weight excluding hydrogens is 570 g/mol. The maximum atomic E-state index is 13.4. The van der Waals surface area contributed by atoms with E-state index in [-0.39, 0.29) is 23.7 Å². The molecule has 0 radical (unpaired) electrons. The lowest BCUT2D eigenvalue weighted by molar-refractivity contribution is -0.134. The molecule has 1 atom stereocenters. The highest BCUT2D eigenvalue weighted by Crippen LogP contribution is 2.32. The molecule has 1 N–H and O–H groups in total. The molecule has 0 aliphatic carbocycles. The van der Waals surface area contributed by atoms with E-state index in [2.05, 4.69) is 105 Å². The summed E-state index contributed by atoms with van der Waals surface area (Å²) in [6, 6.07) is 26.8. The summed E-state index contributed by atoms with van der Waals surface area (Å²) in [5.41, 5.74) is 3.40. The zero-order chi connectivity index (χ0) is 30.8. The number of hydrogen-bond acceptors (Lipinski definition) is 5. The Hall–Kier alpha value is -3.05. The van der Waals surface area contributed by atoms with Crippen molar-refractivity contribution in [2.45, 2.75) is 73.0 Å². The molecule has 10 heteroatoms. The van der Waals surface area contributed by atoms with Gasteiger partial charge in [-0.1, -0.05) is 79.4 Å². The Morgan fingerprint density at radius 2 is 1.27 bits per heavy atom. The van der Waals surface area contributed by atoms with Gasteiger partial charge in [0, 0.05) is 0 Å². The SMILES string of the molecule is C=C(COC(CCCC)C(F)(F)S(=O)(=O)[O-])C(=O)O.Cc1ccc([S+](c2ccc(C)cc2)c2ccc(C)cc2)cc1. The van der Waals surface area contributed by atoms with Crippen LogP contribution in [0.25, 0.3) is 0 Å². The molecular formula is C31H36F2O6S2. The zero-order valence-corrected chi connectivity index (χ0v) is 25.2. The van der Waals surface area contributed by atoms with Crippen LogP contribution in [0.15, 0.2) is 99.6 Å². The molecule has 41 heavy (non-hydrogen) atoms. The number of aliphatic carboxylic acids is 1. The van der Waals surface area contributed by atoms with E-state index < -0.39 is 39.6 Å². The van der Waals surface area contributed by atoms with Crippen molar-refractivity contribution in [3.05, 3.63) is 102 Å². The number of unbranched alkanes of at least 4 members (excludes halogenated alkanes) is 1. The largest absolute Gasteiger partial charge is 0.743 e. The summed E-state index contributed by atoms with van der Waals surface area (Å²) in [5.74, 6) is -1.46. The molecule has 3 rings (SSSR count). The van der Waals surface area contributed by atoms with Gasteiger partial charge in [0.2, 0.25) is 0 Å². The van der Waals surface area contributed by atoms with E-state index in [1.807, 2.05) is 0 Å². The molecule has 3 aromatic carbocycles. The van der Waals surface area contributed by atoms with Crippen LogP contribution < -0.4 is 0 Å². The molecule has 1 unspecified atom stereocenters. The van der Waals surface area contributed by atoms with Gasteiger partial charge >= 0.3 is 11.2 Å². The van der Waals surface area contributed by atoms with Gasteiger partial charge in [0.25, 0.3) is 0 Å². The third kappa shape index (κ3) is 10.1. The van der Waals surface area contributed by atoms with Crippen LogP contribution in [0.4, 0.5) is 8.78 Å². The normalized spacial score (nSPS) is 12.4. The third-order valence-corrected chi connectivity index (χ3v) is 9.22. The number of halogens is 2. The van der Waals surface area contributed by atoms with Crippen LogP contribution in [-0.2, 0) is 30.5 Å². The van der Waals surface area contributed by atoms with Crippen LogP contribution >= 0.6 is 0 Å². The van der Waals surface area contributed by atoms with Gasteiger partial charge in [-0.05, 0) is 63.6 Å². The molecule has 0 saturated carbocycles. The lowest BCUT2D eigenvalue weighted by atomic mass is 10.1. The predicted octanol–water partition coefficient (Wildman–Crippen LogP) is 7.05. The monoisotopic (exact) mass is 606 g/mol. The number of aryl methyl sites for hydroxylation is 3. The molecule has 0 saturated heterocycles. The summed E-state index contributed by atoms with van der Waals surface area (Å²) in [6.45, 7) is 10.4. The van der Waals surface area contributed by atoms with Crippen molar-refractivity contribution in [1.29, 1.82) is 0 Å². The first-order chi connectivity index (χ1) is 19.2. The molecule has 0 bridgehead atoms. The van der Waals surface area contributed by atoms with Gasteiger partial charge in [0.05, 0.1) is 23.1 Å². The van der Waals surface area contributed by atoms with Crippen LogP contribution in [0.2, 0.25) is 0 Å². The zero-order valence-electron chi connectivity index (χ0n) is 23.6. The van der Waals surface area contributed by atoms with Crippen molar-refractivity contribution in [1.82, 2.24) is 0 Å². The summed E-state index contributed by atoms with van der Waals surface area (Å²) in [7, 11) is -5.93. The summed E-state index contributed by atoms with van der Waals surface area (Å²) < 4.78 is 62.8. The Morgan fingerprint density at radius 3 is 1.56 bits per heavy atom. The van der Waals surface area contributed by atoms with Gasteiger partial charge in [-0.3, -0.25) is 0 Å². The second-order valence-corrected chi connectivity index (χ2v) is 13.1. The average molecular weight is 607 g/mol. The van der Waals surface area contributed by atoms with Crippen molar-refractivity contribution >= 4 is 27.0 Å². The van der Waals surface area contributed by atoms with Gasteiger partial charge in [0.1, 0.15) is 6.10 Å². The Kier molecular flexibility index (Phi) is 12.7. The van der Waals surface area contributed by atoms with Crippen LogP contribution in [0.5, 0.6) is 0 Å². The fourth-order valence-electron chi connectivity index (χ4n) is 3.59. The van der Waals surface area contributed by atoms with Crippen molar-refractivity contribution in [3.8, 4) is 0 Å². The molecule has 222 valence electrons. The Labute approximate surface area is 244 Å². The lowest BCUT2D eigenvalue weighted by Crippen LogP contribution is -2.43. The fourth-order valence-corrected chi connectivity index (χ4v) is 6.14. The smallest absolute Gasteiger partial charge is 0.359 e. The second kappa shape index (κ2) is 15.3. The molecule has 6 nitrogen and oxygen atoms in total. The number of ether oxygens (including phenoxy) is 1. The van der Waals surface area contributed by atoms with Crippen LogP contribution in [-0.4, -0.2) is 42.0 Å². The van der Waals surface area contributed by atoms with E-state index in [9.17, 15) is 26.5 Å². The number of hydrogen-bond donors (Lipinski definition) is 1. The van der Waals surface area contributed by atoms with Crippen LogP contribution in [0, 0.1) is 20.8 Å². The van der Waals surface area contributed by atoms with Crippen LogP contribution in [0.3, 0.4) is 0 Å². The molecule has 0 aliphatic rings. The number of benzene rings is 3. The third-order valence-electron chi connectivity index (χ3n) is 6.06. The molecule has 0 fully saturated rings. The number of carboxylic acid groups (broad SMARTS) is 1. The minimum absolute atomic E-state index is 0.0394. The number of carboxylic acids is 1. The van der Waals surface area contributed by atoms with E-state index in [1.165, 1.54) is 31.4 Å². The van der Waals surface area contributed by atoms with Crippen molar-refractivity contribution in [2.75, 3.05) is 6.61 Å². The van der Waals surface area contributed by atoms with E-state index >= 15 is 0 Å². The average Bonchev–Trinajstić information content (AvgIpc) is 2.91. The fraction of sp³-hybridized carbons (Fsp3) is 0.323. The summed E-state index contributed by atoms with van der Waals surface area (Å²) >= 11 is 0. The van der Waals surface area contributed by atoms with E-state index in [1.54, 1.807) is 6.92 Å². The highest BCUT2D eigenvalue weighted by molar-refractivity contribution is 7.97. The summed E-state index contributed by atoms with van der Waals surface area (Å²) in [5, 5.41) is 3.88. The van der Waals surface area contributed by atoms with E-state index in [4.69, 9.17) is 5.11 Å². The molecule has 0 heterocycles. The van der Waals surface area contributed by atoms with Gasteiger partial charge in [0.15, 0.2) is 24.8 Å². The summed E-state index contributed by atoms with van der Waals surface area (Å²) in [4.78, 5) is 14.5. The number of alkyl halides is 2. The van der Waals surface area contributed by atoms with E-state index in [0.717, 1.165) is 0 Å². The van der Waals surface area contributed by atoms with Gasteiger partial charge in [-0.15, -0.1) is 0 Å². The molecule has 0 spiro atoms. The van der Waals surface area contributed by atoms with Crippen molar-refractivity contribution < 1.29 is 36.4 Å². The van der Waals surface area contributed by atoms with Crippen molar-refractivity contribution in [3.63, 3.8) is 0 Å². The van der Waals surface area contributed by atoms with Gasteiger partial charge in [-0.2, -0.15) is 8.78 Å². The predicted molar refractivity (Wildman–Crippen MR) is 156 cm³/mol. The lowest BCUT2D eigenvalue weighted by Gasteiger charge is -2.28. The Balaban J connectivity index is 0.000000291. The molecule has 0 aromatic heterocycles. The maximum Gasteiger partial charge on any atom is 0.359 e. The minimum atomic E-state index is -5.89.